The van der Waals surface area contributed by atoms with Gasteiger partial charge in [0.25, 0.3) is 0 Å². The van der Waals surface area contributed by atoms with E-state index in [0.29, 0.717) is 13.0 Å². The third-order valence-corrected chi connectivity index (χ3v) is 6.01. The van der Waals surface area contributed by atoms with Gasteiger partial charge in [0.2, 0.25) is 11.8 Å². The molecule has 3 aliphatic rings. The van der Waals surface area contributed by atoms with Crippen LogP contribution in [0, 0.1) is 5.41 Å². The SMILES string of the molecule is CN1CCN2c3ccccc3C[C@]3(C(=O)NC(=O)N(C(C)(C)C)C3=O)[C@@H]2C1. The van der Waals surface area contributed by atoms with Crippen molar-refractivity contribution >= 4 is 23.5 Å². The molecule has 4 rings (SSSR count). The van der Waals surface area contributed by atoms with Crippen LogP contribution in [-0.4, -0.2) is 65.9 Å². The zero-order chi connectivity index (χ0) is 19.6. The number of carbonyl (C=O) groups excluding carboxylic acids is 3. The molecular weight excluding hydrogens is 344 g/mol. The van der Waals surface area contributed by atoms with Gasteiger partial charge in [-0.25, -0.2) is 4.79 Å². The molecule has 0 radical (unpaired) electrons. The molecule has 2 atom stereocenters. The summed E-state index contributed by atoms with van der Waals surface area (Å²) in [5.41, 5.74) is 0.0487. The molecular formula is C20H26N4O3. The van der Waals surface area contributed by atoms with E-state index in [1.165, 1.54) is 4.90 Å². The van der Waals surface area contributed by atoms with Gasteiger partial charge in [0, 0.05) is 30.9 Å². The first-order valence-electron chi connectivity index (χ1n) is 9.39. The summed E-state index contributed by atoms with van der Waals surface area (Å²) in [6, 6.07) is 7.01. The highest BCUT2D eigenvalue weighted by Gasteiger charge is 2.63. The Hall–Kier alpha value is -2.41. The molecule has 1 aromatic rings. The Labute approximate surface area is 159 Å². The number of benzene rings is 1. The second-order valence-corrected chi connectivity index (χ2v) is 8.82. The molecule has 1 N–H and O–H groups in total. The van der Waals surface area contributed by atoms with E-state index in [2.05, 4.69) is 21.2 Å². The highest BCUT2D eigenvalue weighted by Crippen LogP contribution is 2.46. The minimum atomic E-state index is -1.30. The molecule has 144 valence electrons. The highest BCUT2D eigenvalue weighted by atomic mass is 16.2. The lowest BCUT2D eigenvalue weighted by atomic mass is 9.67. The number of fused-ring (bicyclic) bond motifs is 4. The van der Waals surface area contributed by atoms with E-state index >= 15 is 0 Å². The van der Waals surface area contributed by atoms with Gasteiger partial charge in [-0.3, -0.25) is 19.8 Å². The van der Waals surface area contributed by atoms with Crippen LogP contribution < -0.4 is 10.2 Å². The maximum absolute atomic E-state index is 13.7. The first kappa shape index (κ1) is 18.0. The molecule has 0 saturated carbocycles. The Morgan fingerprint density at radius 1 is 1.11 bits per heavy atom. The Morgan fingerprint density at radius 3 is 2.52 bits per heavy atom. The van der Waals surface area contributed by atoms with Crippen LogP contribution in [0.2, 0.25) is 0 Å². The summed E-state index contributed by atoms with van der Waals surface area (Å²) in [5, 5.41) is 2.49. The monoisotopic (exact) mass is 370 g/mol. The summed E-state index contributed by atoms with van der Waals surface area (Å²) in [7, 11) is 2.00. The predicted octanol–water partition coefficient (Wildman–Crippen LogP) is 1.23. The van der Waals surface area contributed by atoms with Gasteiger partial charge in [-0.15, -0.1) is 0 Å². The van der Waals surface area contributed by atoms with E-state index in [1.54, 1.807) is 0 Å². The van der Waals surface area contributed by atoms with Crippen molar-refractivity contribution in [2.24, 2.45) is 5.41 Å². The second-order valence-electron chi connectivity index (χ2n) is 8.82. The maximum atomic E-state index is 13.7. The van der Waals surface area contributed by atoms with Gasteiger partial charge < -0.3 is 9.80 Å². The van der Waals surface area contributed by atoms with Crippen molar-refractivity contribution in [3.63, 3.8) is 0 Å². The van der Waals surface area contributed by atoms with E-state index in [4.69, 9.17) is 0 Å². The van der Waals surface area contributed by atoms with Crippen molar-refractivity contribution in [2.75, 3.05) is 31.6 Å². The van der Waals surface area contributed by atoms with Gasteiger partial charge >= 0.3 is 6.03 Å². The fourth-order valence-corrected chi connectivity index (χ4v) is 4.70. The zero-order valence-corrected chi connectivity index (χ0v) is 16.3. The molecule has 3 aliphatic heterocycles. The van der Waals surface area contributed by atoms with Crippen LogP contribution in [0.1, 0.15) is 26.3 Å². The average Bonchev–Trinajstić information content (AvgIpc) is 2.58. The molecule has 27 heavy (non-hydrogen) atoms. The number of barbiturate groups is 1. The van der Waals surface area contributed by atoms with Crippen LogP contribution in [-0.2, 0) is 16.0 Å². The fraction of sp³-hybridized carbons (Fsp3) is 0.550. The smallest absolute Gasteiger partial charge is 0.331 e. The lowest BCUT2D eigenvalue weighted by Crippen LogP contribution is -2.76. The number of imide groups is 2. The van der Waals surface area contributed by atoms with Crippen LogP contribution in [0.4, 0.5) is 10.5 Å². The second kappa shape index (κ2) is 5.79. The molecule has 0 bridgehead atoms. The molecule has 0 aromatic heterocycles. The van der Waals surface area contributed by atoms with Crippen molar-refractivity contribution < 1.29 is 14.4 Å². The Bertz CT molecular complexity index is 831. The third kappa shape index (κ3) is 2.48. The van der Waals surface area contributed by atoms with E-state index < -0.39 is 22.9 Å². The number of hydrogen-bond donors (Lipinski definition) is 1. The topological polar surface area (TPSA) is 73.0 Å². The molecule has 7 nitrogen and oxygen atoms in total. The predicted molar refractivity (Wildman–Crippen MR) is 101 cm³/mol. The third-order valence-electron chi connectivity index (χ3n) is 6.01. The molecule has 4 amide bonds. The van der Waals surface area contributed by atoms with Crippen molar-refractivity contribution in [3.8, 4) is 0 Å². The number of hydrogen-bond acceptors (Lipinski definition) is 5. The number of rotatable bonds is 0. The molecule has 7 heteroatoms. The van der Waals surface area contributed by atoms with Crippen LogP contribution in [0.3, 0.4) is 0 Å². The molecule has 1 aromatic carbocycles. The number of nitrogens with one attached hydrogen (secondary N) is 1. The Morgan fingerprint density at radius 2 is 1.81 bits per heavy atom. The Balaban J connectivity index is 1.90. The lowest BCUT2D eigenvalue weighted by molar-refractivity contribution is -0.157. The summed E-state index contributed by atoms with van der Waals surface area (Å²) >= 11 is 0. The van der Waals surface area contributed by atoms with Crippen LogP contribution in [0.15, 0.2) is 24.3 Å². The quantitative estimate of drug-likeness (QED) is 0.696. The number of nitrogens with zero attached hydrogens (tertiary/aromatic N) is 3. The number of amides is 4. The number of likely N-dealkylation sites (N-methyl/N-ethyl adjacent to an activating group) is 1. The van der Waals surface area contributed by atoms with Crippen molar-refractivity contribution in [1.29, 1.82) is 0 Å². The first-order valence-corrected chi connectivity index (χ1v) is 9.39. The summed E-state index contributed by atoms with van der Waals surface area (Å²) < 4.78 is 0. The highest BCUT2D eigenvalue weighted by molar-refractivity contribution is 6.20. The minimum Gasteiger partial charge on any atom is -0.364 e. The van der Waals surface area contributed by atoms with Gasteiger partial charge in [0.15, 0.2) is 5.41 Å². The number of piperazine rings is 1. The maximum Gasteiger partial charge on any atom is 0.331 e. The van der Waals surface area contributed by atoms with Crippen molar-refractivity contribution in [3.05, 3.63) is 29.8 Å². The summed E-state index contributed by atoms with van der Waals surface area (Å²) in [4.78, 5) is 45.0. The first-order chi connectivity index (χ1) is 12.7. The molecule has 1 spiro atoms. The zero-order valence-electron chi connectivity index (χ0n) is 16.3. The van der Waals surface area contributed by atoms with Gasteiger partial charge in [0.05, 0.1) is 6.04 Å². The van der Waals surface area contributed by atoms with Crippen molar-refractivity contribution in [2.45, 2.75) is 38.8 Å². The number of para-hydroxylation sites is 1. The Kier molecular flexibility index (Phi) is 3.86. The number of urea groups is 1. The van der Waals surface area contributed by atoms with Crippen molar-refractivity contribution in [1.82, 2.24) is 15.1 Å². The molecule has 0 aliphatic carbocycles. The summed E-state index contributed by atoms with van der Waals surface area (Å²) in [6.45, 7) is 7.64. The minimum absolute atomic E-state index is 0.308. The van der Waals surface area contributed by atoms with Crippen LogP contribution in [0.5, 0.6) is 0 Å². The average molecular weight is 370 g/mol. The van der Waals surface area contributed by atoms with Crippen LogP contribution >= 0.6 is 0 Å². The van der Waals surface area contributed by atoms with Gasteiger partial charge in [-0.1, -0.05) is 18.2 Å². The number of carbonyl (C=O) groups is 3. The van der Waals surface area contributed by atoms with Gasteiger partial charge in [-0.05, 0) is 45.9 Å². The normalized spacial score (nSPS) is 28.9. The van der Waals surface area contributed by atoms with E-state index in [0.717, 1.165) is 24.3 Å². The van der Waals surface area contributed by atoms with Gasteiger partial charge in [0.1, 0.15) is 0 Å². The van der Waals surface area contributed by atoms with E-state index in [-0.39, 0.29) is 11.9 Å². The molecule has 3 heterocycles. The van der Waals surface area contributed by atoms with Gasteiger partial charge in [-0.2, -0.15) is 0 Å². The molecule has 0 unspecified atom stereocenters. The van der Waals surface area contributed by atoms with Crippen LogP contribution in [0.25, 0.3) is 0 Å². The molecule has 2 fully saturated rings. The summed E-state index contributed by atoms with van der Waals surface area (Å²) in [5.74, 6) is -0.860. The standard InChI is InChI=1S/C20H26N4O3/c1-19(2,3)24-17(26)20(16(25)21-18(24)27)11-13-7-5-6-8-14(13)23-10-9-22(4)12-15(20)23/h5-8,15H,9-12H2,1-4H3,(H,21,25,27)/t15-,20+/m0/s1. The van der Waals surface area contributed by atoms with E-state index in [1.807, 2.05) is 46.0 Å². The largest absolute Gasteiger partial charge is 0.364 e. The fourth-order valence-electron chi connectivity index (χ4n) is 4.70. The van der Waals surface area contributed by atoms with E-state index in [9.17, 15) is 14.4 Å². The number of anilines is 1. The summed E-state index contributed by atoms with van der Waals surface area (Å²) in [6.07, 6.45) is 0.308. The lowest BCUT2D eigenvalue weighted by Gasteiger charge is -2.56. The molecule has 2 saturated heterocycles.